The van der Waals surface area contributed by atoms with Gasteiger partial charge >= 0.3 is 5.97 Å². The number of nitrogens with one attached hydrogen (secondary N) is 1. The third kappa shape index (κ3) is 4.69. The van der Waals surface area contributed by atoms with E-state index in [4.69, 9.17) is 18.9 Å². The van der Waals surface area contributed by atoms with E-state index in [1.807, 2.05) is 0 Å². The van der Waals surface area contributed by atoms with E-state index >= 15 is 0 Å². The molecule has 0 aromatic heterocycles. The number of esters is 1. The maximum absolute atomic E-state index is 13.0. The molecule has 2 aromatic rings. The molecule has 7 heteroatoms. The van der Waals surface area contributed by atoms with Gasteiger partial charge in [-0.25, -0.2) is 0 Å². The second-order valence-corrected chi connectivity index (χ2v) is 5.49. The molecule has 2 aromatic carbocycles. The highest BCUT2D eigenvalue weighted by atomic mass is 16.5. The van der Waals surface area contributed by atoms with E-state index in [9.17, 15) is 9.59 Å². The van der Waals surface area contributed by atoms with Crippen LogP contribution in [0.4, 0.5) is 5.69 Å². The third-order valence-corrected chi connectivity index (χ3v) is 3.88. The molecule has 144 valence electrons. The molecule has 0 saturated heterocycles. The highest BCUT2D eigenvalue weighted by Gasteiger charge is 2.31. The summed E-state index contributed by atoms with van der Waals surface area (Å²) in [4.78, 5) is 25.4. The minimum absolute atomic E-state index is 0.171. The van der Waals surface area contributed by atoms with Crippen molar-refractivity contribution in [2.75, 3.05) is 33.3 Å². The highest BCUT2D eigenvalue weighted by molar-refractivity contribution is 6.10. The molecule has 0 aliphatic carbocycles. The predicted molar refractivity (Wildman–Crippen MR) is 101 cm³/mol. The Bertz CT molecular complexity index is 765. The summed E-state index contributed by atoms with van der Waals surface area (Å²) in [5.74, 6) is -1.12. The van der Waals surface area contributed by atoms with E-state index in [0.717, 1.165) is 0 Å². The monoisotopic (exact) mass is 373 g/mol. The molecule has 0 saturated carbocycles. The zero-order valence-corrected chi connectivity index (χ0v) is 15.8. The Labute approximate surface area is 158 Å². The van der Waals surface area contributed by atoms with Gasteiger partial charge in [0.2, 0.25) is 5.91 Å². The van der Waals surface area contributed by atoms with Crippen molar-refractivity contribution in [2.24, 2.45) is 0 Å². The molecule has 27 heavy (non-hydrogen) atoms. The molecule has 0 aliphatic heterocycles. The van der Waals surface area contributed by atoms with Gasteiger partial charge in [-0.2, -0.15) is 0 Å². The molecule has 1 atom stereocenters. The van der Waals surface area contributed by atoms with Crippen molar-refractivity contribution in [1.29, 1.82) is 0 Å². The van der Waals surface area contributed by atoms with Crippen LogP contribution in [-0.4, -0.2) is 39.8 Å². The smallest absolute Gasteiger partial charge is 0.323 e. The van der Waals surface area contributed by atoms with Gasteiger partial charge in [0.05, 0.1) is 27.9 Å². The average molecular weight is 373 g/mol. The van der Waals surface area contributed by atoms with Crippen LogP contribution in [0.2, 0.25) is 0 Å². The van der Waals surface area contributed by atoms with Crippen molar-refractivity contribution in [2.45, 2.75) is 12.8 Å². The van der Waals surface area contributed by atoms with Crippen LogP contribution in [-0.2, 0) is 14.3 Å². The molecule has 2 rings (SSSR count). The Morgan fingerprint density at radius 2 is 1.56 bits per heavy atom. The van der Waals surface area contributed by atoms with E-state index in [-0.39, 0.29) is 6.61 Å². The molecule has 0 aliphatic rings. The Morgan fingerprint density at radius 1 is 0.963 bits per heavy atom. The standard InChI is InChI=1S/C20H23NO6/c1-5-27-20(23)17(13-9-7-6-8-10-13)19(22)21-18-15(25-3)11-14(24-2)12-16(18)26-4/h6-12,17H,5H2,1-4H3,(H,21,22). The largest absolute Gasteiger partial charge is 0.496 e. The molecular weight excluding hydrogens is 350 g/mol. The second-order valence-electron chi connectivity index (χ2n) is 5.49. The summed E-state index contributed by atoms with van der Waals surface area (Å²) in [6.45, 7) is 1.86. The lowest BCUT2D eigenvalue weighted by Crippen LogP contribution is -2.29. The number of amides is 1. The molecule has 0 radical (unpaired) electrons. The van der Waals surface area contributed by atoms with Crippen LogP contribution in [0.3, 0.4) is 0 Å². The lowest BCUT2D eigenvalue weighted by Gasteiger charge is -2.19. The normalized spacial score (nSPS) is 11.3. The molecule has 1 unspecified atom stereocenters. The fourth-order valence-corrected chi connectivity index (χ4v) is 2.59. The molecular formula is C20H23NO6. The number of anilines is 1. The summed E-state index contributed by atoms with van der Waals surface area (Å²) in [6.07, 6.45) is 0. The van der Waals surface area contributed by atoms with Crippen LogP contribution in [0, 0.1) is 0 Å². The summed E-state index contributed by atoms with van der Waals surface area (Å²) in [6, 6.07) is 11.9. The number of benzene rings is 2. The van der Waals surface area contributed by atoms with E-state index in [2.05, 4.69) is 5.32 Å². The number of ether oxygens (including phenoxy) is 4. The van der Waals surface area contributed by atoms with Crippen molar-refractivity contribution in [3.63, 3.8) is 0 Å². The lowest BCUT2D eigenvalue weighted by molar-refractivity contribution is -0.147. The first-order chi connectivity index (χ1) is 13.0. The van der Waals surface area contributed by atoms with Gasteiger partial charge in [0.25, 0.3) is 0 Å². The van der Waals surface area contributed by atoms with Crippen LogP contribution < -0.4 is 19.5 Å². The minimum Gasteiger partial charge on any atom is -0.496 e. The minimum atomic E-state index is -1.12. The van der Waals surface area contributed by atoms with Gasteiger partial charge in [0.1, 0.15) is 22.9 Å². The number of rotatable bonds is 8. The molecule has 1 N–H and O–H groups in total. The Hall–Kier alpha value is -3.22. The first-order valence-electron chi connectivity index (χ1n) is 8.38. The summed E-state index contributed by atoms with van der Waals surface area (Å²) in [7, 11) is 4.44. The maximum Gasteiger partial charge on any atom is 0.323 e. The van der Waals surface area contributed by atoms with Crippen molar-refractivity contribution in [1.82, 2.24) is 0 Å². The number of hydrogen-bond donors (Lipinski definition) is 1. The predicted octanol–water partition coefficient (Wildman–Crippen LogP) is 3.00. The van der Waals surface area contributed by atoms with Gasteiger partial charge in [-0.1, -0.05) is 30.3 Å². The second kappa shape index (κ2) is 9.47. The van der Waals surface area contributed by atoms with Crippen molar-refractivity contribution in [3.05, 3.63) is 48.0 Å². The van der Waals surface area contributed by atoms with Gasteiger partial charge in [0, 0.05) is 12.1 Å². The zero-order valence-electron chi connectivity index (χ0n) is 15.8. The molecule has 0 spiro atoms. The van der Waals surface area contributed by atoms with Gasteiger partial charge in [0.15, 0.2) is 5.92 Å². The maximum atomic E-state index is 13.0. The average Bonchev–Trinajstić information content (AvgIpc) is 2.69. The molecule has 7 nitrogen and oxygen atoms in total. The van der Waals surface area contributed by atoms with E-state index < -0.39 is 17.8 Å². The molecule has 0 fully saturated rings. The van der Waals surface area contributed by atoms with Crippen molar-refractivity contribution >= 4 is 17.6 Å². The van der Waals surface area contributed by atoms with Crippen LogP contribution in [0.1, 0.15) is 18.4 Å². The van der Waals surface area contributed by atoms with E-state index in [0.29, 0.717) is 28.5 Å². The fraction of sp³-hybridized carbons (Fsp3) is 0.300. The van der Waals surface area contributed by atoms with Gasteiger partial charge < -0.3 is 24.3 Å². The quantitative estimate of drug-likeness (QED) is 0.566. The summed E-state index contributed by atoms with van der Waals surface area (Å²) >= 11 is 0. The first kappa shape index (κ1) is 20.1. The number of hydrogen-bond acceptors (Lipinski definition) is 6. The number of carbonyl (C=O) groups excluding carboxylic acids is 2. The topological polar surface area (TPSA) is 83.1 Å². The van der Waals surface area contributed by atoms with Crippen molar-refractivity contribution in [3.8, 4) is 17.2 Å². The van der Waals surface area contributed by atoms with Crippen LogP contribution in [0.15, 0.2) is 42.5 Å². The lowest BCUT2D eigenvalue weighted by atomic mass is 9.98. The van der Waals surface area contributed by atoms with Gasteiger partial charge in [-0.15, -0.1) is 0 Å². The van der Waals surface area contributed by atoms with Crippen LogP contribution in [0.25, 0.3) is 0 Å². The number of carbonyl (C=O) groups is 2. The van der Waals surface area contributed by atoms with Crippen LogP contribution >= 0.6 is 0 Å². The zero-order chi connectivity index (χ0) is 19.8. The fourth-order valence-electron chi connectivity index (χ4n) is 2.59. The van der Waals surface area contributed by atoms with E-state index in [1.54, 1.807) is 49.4 Å². The highest BCUT2D eigenvalue weighted by Crippen LogP contribution is 2.39. The van der Waals surface area contributed by atoms with Crippen LogP contribution in [0.5, 0.6) is 17.2 Å². The van der Waals surface area contributed by atoms with Gasteiger partial charge in [-0.05, 0) is 12.5 Å². The molecule has 0 bridgehead atoms. The first-order valence-corrected chi connectivity index (χ1v) is 8.38. The Kier molecular flexibility index (Phi) is 7.05. The Morgan fingerprint density at radius 3 is 2.04 bits per heavy atom. The summed E-state index contributed by atoms with van der Waals surface area (Å²) in [5.41, 5.74) is 0.830. The third-order valence-electron chi connectivity index (χ3n) is 3.88. The number of methoxy groups -OCH3 is 3. The summed E-state index contributed by atoms with van der Waals surface area (Å²) < 4.78 is 21.0. The van der Waals surface area contributed by atoms with E-state index in [1.165, 1.54) is 21.3 Å². The molecule has 1 amide bonds. The Balaban J connectivity index is 2.41. The molecule has 0 heterocycles. The van der Waals surface area contributed by atoms with Crippen molar-refractivity contribution < 1.29 is 28.5 Å². The summed E-state index contributed by atoms with van der Waals surface area (Å²) in [5, 5.41) is 2.72. The SMILES string of the molecule is CCOC(=O)C(C(=O)Nc1c(OC)cc(OC)cc1OC)c1ccccc1. The van der Waals surface area contributed by atoms with Gasteiger partial charge in [-0.3, -0.25) is 9.59 Å².